The number of fused-ring (bicyclic) bond motifs is 2. The lowest BCUT2D eigenvalue weighted by Gasteiger charge is -2.40. The molecule has 2 N–H and O–H groups in total. The topological polar surface area (TPSA) is 103 Å². The molecule has 222 valence electrons. The van der Waals surface area contributed by atoms with Gasteiger partial charge in [-0.05, 0) is 71.5 Å². The number of nitriles is 1. The summed E-state index contributed by atoms with van der Waals surface area (Å²) in [7, 11) is 0. The SMILES string of the molecule is N#Cc1cccc(-c2ccc3c(c2)N(N(C(N)=O)c2ccc(F)c(Cl)c2)CC32CCN(C(=O)OCc3ccccc3)CC2)c1. The first-order valence-corrected chi connectivity index (χ1v) is 14.6. The van der Waals surface area contributed by atoms with Crippen molar-refractivity contribution in [2.24, 2.45) is 5.73 Å². The predicted octanol–water partition coefficient (Wildman–Crippen LogP) is 7.01. The van der Waals surface area contributed by atoms with Crippen molar-refractivity contribution in [2.75, 3.05) is 29.7 Å². The first kappa shape index (κ1) is 29.0. The second kappa shape index (κ2) is 11.9. The summed E-state index contributed by atoms with van der Waals surface area (Å²) in [6, 6.07) is 28.3. The van der Waals surface area contributed by atoms with E-state index in [9.17, 15) is 19.2 Å². The summed E-state index contributed by atoms with van der Waals surface area (Å²) in [5.74, 6) is -0.607. The number of carbonyl (C=O) groups is 2. The number of halogens is 2. The number of rotatable bonds is 5. The van der Waals surface area contributed by atoms with Crippen molar-refractivity contribution >= 4 is 35.1 Å². The van der Waals surface area contributed by atoms with Gasteiger partial charge in [0.1, 0.15) is 12.4 Å². The molecule has 0 bridgehead atoms. The Morgan fingerprint density at radius 1 is 0.977 bits per heavy atom. The average molecular weight is 610 g/mol. The number of anilines is 2. The van der Waals surface area contributed by atoms with Crippen LogP contribution >= 0.6 is 11.6 Å². The van der Waals surface area contributed by atoms with Gasteiger partial charge in [-0.2, -0.15) is 5.26 Å². The number of nitrogens with zero attached hydrogens (tertiary/aromatic N) is 4. The summed E-state index contributed by atoms with van der Waals surface area (Å²) in [4.78, 5) is 27.6. The molecular formula is C34H29ClFN5O3. The standard InChI is InChI=1S/C34H29ClFN5O3/c35-29-19-27(10-12-30(29)36)41(32(38)42)40-22-34(13-15-39(16-14-34)33(43)44-21-23-5-2-1-3-6-23)28-11-9-26(18-31(28)40)25-8-4-7-24(17-25)20-37/h1-12,17-19H,13-16,21-22H2,(H2,38,42). The van der Waals surface area contributed by atoms with Gasteiger partial charge in [-0.15, -0.1) is 0 Å². The number of likely N-dealkylation sites (tertiary alicyclic amines) is 1. The van der Waals surface area contributed by atoms with E-state index in [0.717, 1.165) is 27.9 Å². The molecule has 10 heteroatoms. The number of piperidine rings is 1. The minimum Gasteiger partial charge on any atom is -0.445 e. The molecule has 1 saturated heterocycles. The van der Waals surface area contributed by atoms with Gasteiger partial charge in [0.25, 0.3) is 0 Å². The van der Waals surface area contributed by atoms with E-state index in [0.29, 0.717) is 43.7 Å². The number of ether oxygens (including phenoxy) is 1. The van der Waals surface area contributed by atoms with Crippen LogP contribution in [0, 0.1) is 17.1 Å². The Bertz CT molecular complexity index is 1770. The van der Waals surface area contributed by atoms with Crippen LogP contribution in [0.5, 0.6) is 0 Å². The Morgan fingerprint density at radius 2 is 1.73 bits per heavy atom. The number of urea groups is 1. The van der Waals surface area contributed by atoms with Gasteiger partial charge in [0.2, 0.25) is 0 Å². The molecule has 1 fully saturated rings. The summed E-state index contributed by atoms with van der Waals surface area (Å²) >= 11 is 6.11. The van der Waals surface area contributed by atoms with Gasteiger partial charge in [0.05, 0.1) is 34.6 Å². The van der Waals surface area contributed by atoms with Crippen LogP contribution in [0.15, 0.2) is 91.0 Å². The predicted molar refractivity (Wildman–Crippen MR) is 167 cm³/mol. The number of hydrogen-bond acceptors (Lipinski definition) is 5. The van der Waals surface area contributed by atoms with Crippen molar-refractivity contribution in [3.63, 3.8) is 0 Å². The van der Waals surface area contributed by atoms with Gasteiger partial charge in [-0.25, -0.2) is 19.0 Å². The Kier molecular flexibility index (Phi) is 7.85. The van der Waals surface area contributed by atoms with E-state index in [1.807, 2.05) is 71.7 Å². The Hall–Kier alpha value is -5.07. The van der Waals surface area contributed by atoms with E-state index < -0.39 is 17.3 Å². The zero-order valence-corrected chi connectivity index (χ0v) is 24.5. The highest BCUT2D eigenvalue weighted by Crippen LogP contribution is 2.49. The lowest BCUT2D eigenvalue weighted by molar-refractivity contribution is 0.0789. The van der Waals surface area contributed by atoms with E-state index in [2.05, 4.69) is 6.07 Å². The van der Waals surface area contributed by atoms with Crippen LogP contribution in [0.2, 0.25) is 5.02 Å². The van der Waals surface area contributed by atoms with Gasteiger partial charge < -0.3 is 15.4 Å². The highest BCUT2D eigenvalue weighted by Gasteiger charge is 2.48. The quantitative estimate of drug-likeness (QED) is 0.262. The highest BCUT2D eigenvalue weighted by atomic mass is 35.5. The number of amides is 3. The van der Waals surface area contributed by atoms with Crippen molar-refractivity contribution in [3.8, 4) is 17.2 Å². The number of primary amides is 1. The third-order valence-electron chi connectivity index (χ3n) is 8.41. The Morgan fingerprint density at radius 3 is 2.43 bits per heavy atom. The zero-order chi connectivity index (χ0) is 30.8. The summed E-state index contributed by atoms with van der Waals surface area (Å²) < 4.78 is 19.7. The molecule has 2 aliphatic heterocycles. The largest absolute Gasteiger partial charge is 0.445 e. The van der Waals surface area contributed by atoms with Gasteiger partial charge in [-0.3, -0.25) is 5.01 Å². The summed E-state index contributed by atoms with van der Waals surface area (Å²) in [5, 5.41) is 12.4. The van der Waals surface area contributed by atoms with Crippen LogP contribution in [-0.4, -0.2) is 36.7 Å². The lowest BCUT2D eigenvalue weighted by atomic mass is 9.74. The van der Waals surface area contributed by atoms with Gasteiger partial charge in [0.15, 0.2) is 0 Å². The van der Waals surface area contributed by atoms with E-state index in [1.165, 1.54) is 23.2 Å². The molecule has 0 saturated carbocycles. The maximum atomic E-state index is 14.1. The highest BCUT2D eigenvalue weighted by molar-refractivity contribution is 6.31. The number of nitrogens with two attached hydrogens (primary N) is 1. The molecule has 0 radical (unpaired) electrons. The summed E-state index contributed by atoms with van der Waals surface area (Å²) in [5.41, 5.74) is 10.8. The first-order chi connectivity index (χ1) is 21.3. The van der Waals surface area contributed by atoms with Crippen LogP contribution in [0.25, 0.3) is 11.1 Å². The second-order valence-corrected chi connectivity index (χ2v) is 11.4. The van der Waals surface area contributed by atoms with Crippen LogP contribution < -0.4 is 15.8 Å². The van der Waals surface area contributed by atoms with Gasteiger partial charge in [-0.1, -0.05) is 66.2 Å². The van der Waals surface area contributed by atoms with E-state index in [4.69, 9.17) is 22.1 Å². The Balaban J connectivity index is 1.33. The number of carbonyl (C=O) groups excluding carboxylic acids is 2. The van der Waals surface area contributed by atoms with Crippen molar-refractivity contribution in [2.45, 2.75) is 24.9 Å². The van der Waals surface area contributed by atoms with Crippen LogP contribution in [0.4, 0.5) is 25.4 Å². The van der Waals surface area contributed by atoms with Crippen LogP contribution in [-0.2, 0) is 16.8 Å². The molecule has 0 aromatic heterocycles. The van der Waals surface area contributed by atoms with Crippen molar-refractivity contribution < 1.29 is 18.7 Å². The molecule has 4 aromatic rings. The minimum absolute atomic E-state index is 0.132. The van der Waals surface area contributed by atoms with Gasteiger partial charge >= 0.3 is 12.1 Å². The molecule has 3 amide bonds. The molecule has 4 aromatic carbocycles. The molecule has 44 heavy (non-hydrogen) atoms. The summed E-state index contributed by atoms with van der Waals surface area (Å²) in [6.07, 6.45) is 0.875. The van der Waals surface area contributed by atoms with E-state index >= 15 is 0 Å². The molecule has 2 heterocycles. The van der Waals surface area contributed by atoms with Crippen LogP contribution in [0.1, 0.15) is 29.5 Å². The normalized spacial score (nSPS) is 15.0. The zero-order valence-electron chi connectivity index (χ0n) is 23.7. The molecular weight excluding hydrogens is 581 g/mol. The maximum Gasteiger partial charge on any atom is 0.410 e. The maximum absolute atomic E-state index is 14.1. The first-order valence-electron chi connectivity index (χ1n) is 14.2. The molecule has 1 spiro atoms. The monoisotopic (exact) mass is 609 g/mol. The minimum atomic E-state index is -0.755. The van der Waals surface area contributed by atoms with E-state index in [-0.39, 0.29) is 17.7 Å². The van der Waals surface area contributed by atoms with E-state index in [1.54, 1.807) is 11.0 Å². The number of benzene rings is 4. The Labute approximate surface area is 259 Å². The van der Waals surface area contributed by atoms with Crippen molar-refractivity contribution in [1.29, 1.82) is 5.26 Å². The van der Waals surface area contributed by atoms with Crippen molar-refractivity contribution in [3.05, 3.63) is 119 Å². The molecule has 2 aliphatic rings. The van der Waals surface area contributed by atoms with Crippen molar-refractivity contribution in [1.82, 2.24) is 4.90 Å². The average Bonchev–Trinajstić information content (AvgIpc) is 3.34. The third-order valence-corrected chi connectivity index (χ3v) is 8.70. The summed E-state index contributed by atoms with van der Waals surface area (Å²) in [6.45, 7) is 1.52. The molecule has 6 rings (SSSR count). The number of hydrogen-bond donors (Lipinski definition) is 1. The molecule has 0 atom stereocenters. The molecule has 0 unspecified atom stereocenters. The third kappa shape index (κ3) is 5.52. The number of hydrazine groups is 1. The molecule has 8 nitrogen and oxygen atoms in total. The van der Waals surface area contributed by atoms with Crippen LogP contribution in [0.3, 0.4) is 0 Å². The fraction of sp³-hybridized carbons (Fsp3) is 0.206. The molecule has 0 aliphatic carbocycles. The smallest absolute Gasteiger partial charge is 0.410 e. The fourth-order valence-corrected chi connectivity index (χ4v) is 6.31. The fourth-order valence-electron chi connectivity index (χ4n) is 6.13. The van der Waals surface area contributed by atoms with Gasteiger partial charge in [0, 0.05) is 18.5 Å². The second-order valence-electron chi connectivity index (χ2n) is 11.0. The lowest BCUT2D eigenvalue weighted by Crippen LogP contribution is -2.53.